The molecule has 2 N–H and O–H groups in total. The lowest BCUT2D eigenvalue weighted by Crippen LogP contribution is -2.28. The topological polar surface area (TPSA) is 78.6 Å². The molecule has 0 aliphatic heterocycles. The van der Waals surface area contributed by atoms with Crippen LogP contribution >= 0.6 is 11.6 Å². The third-order valence-electron chi connectivity index (χ3n) is 2.40. The molecule has 1 aromatic rings. The van der Waals surface area contributed by atoms with E-state index >= 15 is 0 Å². The van der Waals surface area contributed by atoms with Gasteiger partial charge in [0.1, 0.15) is 0 Å². The molecule has 1 aromatic carbocycles. The molecule has 1 unspecified atom stereocenters. The Balaban J connectivity index is 2.80. The van der Waals surface area contributed by atoms with Crippen LogP contribution in [-0.4, -0.2) is 24.6 Å². The maximum absolute atomic E-state index is 11.9. The highest BCUT2D eigenvalue weighted by molar-refractivity contribution is 6.31. The minimum atomic E-state index is -0.928. The number of nitrogens with two attached hydrogens (primary N) is 1. The number of nitrogen functional groups attached to an aromatic ring is 1. The molecule has 6 heteroatoms. The number of esters is 2. The van der Waals surface area contributed by atoms with Gasteiger partial charge in [0.2, 0.25) is 0 Å². The molecule has 0 radical (unpaired) electrons. The molecule has 104 valence electrons. The molecule has 0 bridgehead atoms. The SMILES string of the molecule is CCOC(=O)C(CC)OC(=O)c1ccc(Cl)cc1N. The second-order valence-electron chi connectivity index (χ2n) is 3.79. The van der Waals surface area contributed by atoms with Gasteiger partial charge in [-0.3, -0.25) is 0 Å². The summed E-state index contributed by atoms with van der Waals surface area (Å²) in [5, 5.41) is 0.423. The first-order chi connectivity index (χ1) is 8.99. The average Bonchev–Trinajstić information content (AvgIpc) is 2.35. The van der Waals surface area contributed by atoms with Crippen LogP contribution in [0, 0.1) is 0 Å². The lowest BCUT2D eigenvalue weighted by molar-refractivity contribution is -0.153. The lowest BCUT2D eigenvalue weighted by Gasteiger charge is -2.15. The van der Waals surface area contributed by atoms with Crippen LogP contribution in [-0.2, 0) is 14.3 Å². The molecule has 19 heavy (non-hydrogen) atoms. The molecule has 0 saturated carbocycles. The third kappa shape index (κ3) is 4.13. The molecular formula is C13H16ClNO4. The van der Waals surface area contributed by atoms with E-state index in [1.165, 1.54) is 18.2 Å². The van der Waals surface area contributed by atoms with Gasteiger partial charge in [-0.05, 0) is 31.5 Å². The number of ether oxygens (including phenoxy) is 2. The van der Waals surface area contributed by atoms with Gasteiger partial charge in [0.15, 0.2) is 6.10 Å². The molecule has 0 amide bonds. The Morgan fingerprint density at radius 3 is 2.58 bits per heavy atom. The first-order valence-corrected chi connectivity index (χ1v) is 6.30. The Morgan fingerprint density at radius 2 is 2.05 bits per heavy atom. The summed E-state index contributed by atoms with van der Waals surface area (Å²) in [7, 11) is 0. The van der Waals surface area contributed by atoms with E-state index in [0.29, 0.717) is 11.4 Å². The maximum atomic E-state index is 11.9. The zero-order chi connectivity index (χ0) is 14.4. The number of benzene rings is 1. The predicted octanol–water partition coefficient (Wildman–Crippen LogP) is 2.42. The van der Waals surface area contributed by atoms with Gasteiger partial charge >= 0.3 is 11.9 Å². The fourth-order valence-electron chi connectivity index (χ4n) is 1.45. The van der Waals surface area contributed by atoms with E-state index in [-0.39, 0.29) is 17.9 Å². The van der Waals surface area contributed by atoms with Crippen LogP contribution in [0.3, 0.4) is 0 Å². The van der Waals surface area contributed by atoms with Crippen LogP contribution in [0.2, 0.25) is 5.02 Å². The Morgan fingerprint density at radius 1 is 1.37 bits per heavy atom. The molecule has 1 rings (SSSR count). The van der Waals surface area contributed by atoms with Crippen molar-refractivity contribution in [3.05, 3.63) is 28.8 Å². The van der Waals surface area contributed by atoms with Crippen molar-refractivity contribution < 1.29 is 19.1 Å². The summed E-state index contributed by atoms with van der Waals surface area (Å²) >= 11 is 5.74. The molecule has 1 atom stereocenters. The molecule has 0 heterocycles. The Labute approximate surface area is 116 Å². The van der Waals surface area contributed by atoms with Crippen LogP contribution in [0.15, 0.2) is 18.2 Å². The van der Waals surface area contributed by atoms with Crippen molar-refractivity contribution in [2.75, 3.05) is 12.3 Å². The predicted molar refractivity (Wildman–Crippen MR) is 72.0 cm³/mol. The summed E-state index contributed by atoms with van der Waals surface area (Å²) in [6.45, 7) is 3.64. The number of rotatable bonds is 5. The fourth-order valence-corrected chi connectivity index (χ4v) is 1.63. The zero-order valence-corrected chi connectivity index (χ0v) is 11.6. The van der Waals surface area contributed by atoms with Gasteiger partial charge in [-0.1, -0.05) is 18.5 Å². The molecular weight excluding hydrogens is 270 g/mol. The summed E-state index contributed by atoms with van der Waals surface area (Å²) in [4.78, 5) is 23.4. The van der Waals surface area contributed by atoms with Crippen molar-refractivity contribution in [3.63, 3.8) is 0 Å². The van der Waals surface area contributed by atoms with Crippen molar-refractivity contribution in [2.24, 2.45) is 0 Å². The van der Waals surface area contributed by atoms with Crippen LogP contribution in [0.1, 0.15) is 30.6 Å². The van der Waals surface area contributed by atoms with E-state index in [1.54, 1.807) is 13.8 Å². The van der Waals surface area contributed by atoms with Crippen molar-refractivity contribution in [1.82, 2.24) is 0 Å². The summed E-state index contributed by atoms with van der Waals surface area (Å²) in [5.74, 6) is -1.24. The van der Waals surface area contributed by atoms with Crippen molar-refractivity contribution >= 4 is 29.2 Å². The van der Waals surface area contributed by atoms with E-state index in [2.05, 4.69) is 0 Å². The van der Waals surface area contributed by atoms with Crippen molar-refractivity contribution in [2.45, 2.75) is 26.4 Å². The summed E-state index contributed by atoms with van der Waals surface area (Å²) in [6, 6.07) is 4.43. The smallest absolute Gasteiger partial charge is 0.347 e. The van der Waals surface area contributed by atoms with Gasteiger partial charge in [0.05, 0.1) is 12.2 Å². The highest BCUT2D eigenvalue weighted by Gasteiger charge is 2.24. The van der Waals surface area contributed by atoms with E-state index < -0.39 is 18.0 Å². The second-order valence-corrected chi connectivity index (χ2v) is 4.22. The minimum absolute atomic E-state index is 0.173. The average molecular weight is 286 g/mol. The monoisotopic (exact) mass is 285 g/mol. The van der Waals surface area contributed by atoms with Gasteiger partial charge in [-0.2, -0.15) is 0 Å². The molecule has 0 aliphatic carbocycles. The van der Waals surface area contributed by atoms with E-state index in [1.807, 2.05) is 0 Å². The van der Waals surface area contributed by atoms with Crippen LogP contribution in [0.25, 0.3) is 0 Å². The number of carbonyl (C=O) groups excluding carboxylic acids is 2. The van der Waals surface area contributed by atoms with Crippen molar-refractivity contribution in [1.29, 1.82) is 0 Å². The molecule has 0 aromatic heterocycles. The first-order valence-electron chi connectivity index (χ1n) is 5.92. The summed E-state index contributed by atoms with van der Waals surface area (Å²) in [5.41, 5.74) is 6.05. The molecule has 0 fully saturated rings. The van der Waals surface area contributed by atoms with Crippen LogP contribution < -0.4 is 5.73 Å². The standard InChI is InChI=1S/C13H16ClNO4/c1-3-11(13(17)18-4-2)19-12(16)9-6-5-8(14)7-10(9)15/h5-7,11H,3-4,15H2,1-2H3. The largest absolute Gasteiger partial charge is 0.463 e. The van der Waals surface area contributed by atoms with E-state index in [4.69, 9.17) is 26.8 Å². The number of carbonyl (C=O) groups is 2. The van der Waals surface area contributed by atoms with Crippen molar-refractivity contribution in [3.8, 4) is 0 Å². The number of anilines is 1. The Kier molecular flexibility index (Phi) is 5.63. The first kappa shape index (κ1) is 15.3. The highest BCUT2D eigenvalue weighted by Crippen LogP contribution is 2.19. The van der Waals surface area contributed by atoms with E-state index in [9.17, 15) is 9.59 Å². The van der Waals surface area contributed by atoms with Crippen LogP contribution in [0.5, 0.6) is 0 Å². The summed E-state index contributed by atoms with van der Waals surface area (Å²) < 4.78 is 9.90. The number of hydrogen-bond donors (Lipinski definition) is 1. The van der Waals surface area contributed by atoms with Gasteiger partial charge in [0, 0.05) is 10.7 Å². The fraction of sp³-hybridized carbons (Fsp3) is 0.385. The second kappa shape index (κ2) is 6.99. The van der Waals surface area contributed by atoms with Gasteiger partial charge in [-0.15, -0.1) is 0 Å². The quantitative estimate of drug-likeness (QED) is 0.664. The zero-order valence-electron chi connectivity index (χ0n) is 10.8. The third-order valence-corrected chi connectivity index (χ3v) is 2.64. The minimum Gasteiger partial charge on any atom is -0.463 e. The Hall–Kier alpha value is -1.75. The molecule has 0 aliphatic rings. The van der Waals surface area contributed by atoms with E-state index in [0.717, 1.165) is 0 Å². The van der Waals surface area contributed by atoms with Gasteiger partial charge in [-0.25, -0.2) is 9.59 Å². The molecule has 0 spiro atoms. The maximum Gasteiger partial charge on any atom is 0.347 e. The lowest BCUT2D eigenvalue weighted by atomic mass is 10.2. The number of halogens is 1. The highest BCUT2D eigenvalue weighted by atomic mass is 35.5. The number of hydrogen-bond acceptors (Lipinski definition) is 5. The Bertz CT molecular complexity index is 476. The van der Waals surface area contributed by atoms with Crippen LogP contribution in [0.4, 0.5) is 5.69 Å². The van der Waals surface area contributed by atoms with Gasteiger partial charge < -0.3 is 15.2 Å². The molecule has 5 nitrogen and oxygen atoms in total. The normalized spacial score (nSPS) is 11.7. The summed E-state index contributed by atoms with van der Waals surface area (Å²) in [6.07, 6.45) is -0.597. The molecule has 0 saturated heterocycles. The van der Waals surface area contributed by atoms with Gasteiger partial charge in [0.25, 0.3) is 0 Å².